The smallest absolute Gasteiger partial charge is 0.337 e. The highest BCUT2D eigenvalue weighted by molar-refractivity contribution is 5.99. The number of benzene rings is 2. The fraction of sp³-hybridized carbons (Fsp3) is 0.308. The highest BCUT2D eigenvalue weighted by Crippen LogP contribution is 2.43. The monoisotopic (exact) mass is 471 g/mol. The topological polar surface area (TPSA) is 76.1 Å². The number of para-hydroxylation sites is 1. The average Bonchev–Trinajstić information content (AvgIpc) is 2.77. The summed E-state index contributed by atoms with van der Waals surface area (Å²) in [6.45, 7) is 6.92. The van der Waals surface area contributed by atoms with Gasteiger partial charge in [0.2, 0.25) is 0 Å². The number of carboxylic acid groups (broad SMARTS) is 1. The third kappa shape index (κ3) is 5.27. The Kier molecular flexibility index (Phi) is 7.71. The molecule has 0 spiro atoms. The molecule has 0 aromatic heterocycles. The minimum absolute atomic E-state index is 0.0547. The first-order valence-electron chi connectivity index (χ1n) is 10.9. The third-order valence-electron chi connectivity index (χ3n) is 5.56. The molecule has 1 atom stereocenters. The van der Waals surface area contributed by atoms with Gasteiger partial charge in [0.15, 0.2) is 0 Å². The zero-order valence-corrected chi connectivity index (χ0v) is 19.5. The second-order valence-corrected chi connectivity index (χ2v) is 8.17. The zero-order chi connectivity index (χ0) is 25.0. The van der Waals surface area contributed by atoms with Crippen LogP contribution in [0.15, 0.2) is 71.1 Å². The summed E-state index contributed by atoms with van der Waals surface area (Å²) in [6, 6.07) is 11.9. The molecular weight excluding hydrogens is 444 g/mol. The van der Waals surface area contributed by atoms with E-state index in [-0.39, 0.29) is 29.9 Å². The first-order valence-corrected chi connectivity index (χ1v) is 10.9. The Morgan fingerprint density at radius 2 is 1.68 bits per heavy atom. The van der Waals surface area contributed by atoms with Crippen molar-refractivity contribution in [3.05, 3.63) is 88.3 Å². The number of carbonyl (C=O) groups is 2. The quantitative estimate of drug-likeness (QED) is 0.545. The molecular formula is C26H27F2NO5. The van der Waals surface area contributed by atoms with Gasteiger partial charge in [-0.25, -0.2) is 18.4 Å². The summed E-state index contributed by atoms with van der Waals surface area (Å²) in [5.41, 5.74) is 0.160. The van der Waals surface area contributed by atoms with E-state index in [2.05, 4.69) is 0 Å². The molecule has 0 radical (unpaired) electrons. The van der Waals surface area contributed by atoms with Crippen molar-refractivity contribution in [3.8, 4) is 5.75 Å². The Labute approximate surface area is 197 Å². The fourth-order valence-corrected chi connectivity index (χ4v) is 4.08. The minimum Gasteiger partial charge on any atom is -0.492 e. The molecule has 8 heteroatoms. The van der Waals surface area contributed by atoms with Crippen molar-refractivity contribution in [1.29, 1.82) is 0 Å². The minimum atomic E-state index is -1.34. The van der Waals surface area contributed by atoms with E-state index in [1.165, 1.54) is 0 Å². The Balaban J connectivity index is 2.09. The third-order valence-corrected chi connectivity index (χ3v) is 5.56. The maximum absolute atomic E-state index is 14.8. The van der Waals surface area contributed by atoms with Crippen LogP contribution in [-0.2, 0) is 14.3 Å². The number of carbonyl (C=O) groups excluding carboxylic acids is 1. The molecule has 180 valence electrons. The van der Waals surface area contributed by atoms with E-state index in [0.717, 1.165) is 18.2 Å². The van der Waals surface area contributed by atoms with Gasteiger partial charge in [-0.3, -0.25) is 0 Å². The van der Waals surface area contributed by atoms with Crippen molar-refractivity contribution in [2.24, 2.45) is 0 Å². The van der Waals surface area contributed by atoms with Crippen LogP contribution in [0, 0.1) is 11.6 Å². The summed E-state index contributed by atoms with van der Waals surface area (Å²) in [7, 11) is 0. The van der Waals surface area contributed by atoms with Gasteiger partial charge in [-0.05, 0) is 58.0 Å². The summed E-state index contributed by atoms with van der Waals surface area (Å²) < 4.78 is 40.0. The molecule has 1 heterocycles. The molecule has 2 aromatic rings. The van der Waals surface area contributed by atoms with Crippen LogP contribution in [0.5, 0.6) is 5.75 Å². The van der Waals surface area contributed by atoms with Crippen LogP contribution in [0.2, 0.25) is 0 Å². The van der Waals surface area contributed by atoms with Gasteiger partial charge in [-0.2, -0.15) is 0 Å². The summed E-state index contributed by atoms with van der Waals surface area (Å²) in [6.07, 6.45) is -0.499. The Morgan fingerprint density at radius 1 is 1.03 bits per heavy atom. The number of allylic oxidation sites excluding steroid dienone is 2. The second-order valence-electron chi connectivity index (χ2n) is 8.17. The van der Waals surface area contributed by atoms with Crippen LogP contribution in [0.1, 0.15) is 39.2 Å². The van der Waals surface area contributed by atoms with Gasteiger partial charge in [-0.1, -0.05) is 18.2 Å². The lowest BCUT2D eigenvalue weighted by Gasteiger charge is -2.37. The molecule has 0 amide bonds. The number of hydrogen-bond acceptors (Lipinski definition) is 5. The molecule has 0 bridgehead atoms. The largest absolute Gasteiger partial charge is 0.492 e. The first-order chi connectivity index (χ1) is 16.1. The Hall–Kier alpha value is -3.68. The molecule has 3 rings (SSSR count). The Bertz CT molecular complexity index is 1140. The average molecular weight is 472 g/mol. The number of aliphatic carboxylic acids is 1. The lowest BCUT2D eigenvalue weighted by atomic mass is 9.79. The lowest BCUT2D eigenvalue weighted by Crippen LogP contribution is -2.37. The lowest BCUT2D eigenvalue weighted by molar-refractivity contribution is -0.143. The van der Waals surface area contributed by atoms with E-state index in [4.69, 9.17) is 9.47 Å². The van der Waals surface area contributed by atoms with Gasteiger partial charge in [0, 0.05) is 17.0 Å². The first kappa shape index (κ1) is 25.0. The number of nitrogens with zero attached hydrogens (tertiary/aromatic N) is 1. The summed E-state index contributed by atoms with van der Waals surface area (Å²) in [5.74, 6) is -4.40. The van der Waals surface area contributed by atoms with E-state index < -0.39 is 35.6 Å². The highest BCUT2D eigenvalue weighted by atomic mass is 19.1. The van der Waals surface area contributed by atoms with E-state index >= 15 is 0 Å². The van der Waals surface area contributed by atoms with Gasteiger partial charge in [0.1, 0.15) is 24.0 Å². The summed E-state index contributed by atoms with van der Waals surface area (Å²) >= 11 is 0. The van der Waals surface area contributed by atoms with Gasteiger partial charge >= 0.3 is 11.9 Å². The summed E-state index contributed by atoms with van der Waals surface area (Å²) in [5, 5.41) is 10.1. The van der Waals surface area contributed by atoms with Crippen LogP contribution < -0.4 is 4.74 Å². The number of carboxylic acids is 1. The predicted octanol–water partition coefficient (Wildman–Crippen LogP) is 5.03. The van der Waals surface area contributed by atoms with Crippen molar-refractivity contribution in [2.75, 3.05) is 13.2 Å². The van der Waals surface area contributed by atoms with Gasteiger partial charge in [-0.15, -0.1) is 0 Å². The van der Waals surface area contributed by atoms with Crippen LogP contribution in [-0.4, -0.2) is 41.2 Å². The molecule has 2 aromatic carbocycles. The normalized spacial score (nSPS) is 16.2. The van der Waals surface area contributed by atoms with Crippen molar-refractivity contribution in [3.63, 3.8) is 0 Å². The van der Waals surface area contributed by atoms with E-state index in [9.17, 15) is 23.5 Å². The van der Waals surface area contributed by atoms with Crippen LogP contribution >= 0.6 is 0 Å². The zero-order valence-electron chi connectivity index (χ0n) is 19.5. The Morgan fingerprint density at radius 3 is 2.29 bits per heavy atom. The van der Waals surface area contributed by atoms with Crippen molar-refractivity contribution < 1.29 is 33.0 Å². The van der Waals surface area contributed by atoms with Crippen molar-refractivity contribution in [2.45, 2.75) is 39.7 Å². The fourth-order valence-electron chi connectivity index (χ4n) is 4.08. The number of esters is 1. The molecule has 1 aliphatic heterocycles. The highest BCUT2D eigenvalue weighted by Gasteiger charge is 2.41. The van der Waals surface area contributed by atoms with Crippen molar-refractivity contribution in [1.82, 2.24) is 4.90 Å². The van der Waals surface area contributed by atoms with Gasteiger partial charge in [0.05, 0.1) is 29.7 Å². The van der Waals surface area contributed by atoms with Crippen LogP contribution in [0.3, 0.4) is 0 Å². The molecule has 34 heavy (non-hydrogen) atoms. The molecule has 1 unspecified atom stereocenters. The van der Waals surface area contributed by atoms with Crippen LogP contribution in [0.25, 0.3) is 0 Å². The molecule has 0 aliphatic carbocycles. The molecule has 0 saturated heterocycles. The van der Waals surface area contributed by atoms with Gasteiger partial charge < -0.3 is 19.5 Å². The standard InChI is InChI=1S/C26H27F2NO5/c1-15(2)34-26(32)23-17(4)29(12-13-33-19-8-6-5-7-9-19)16(3)22(25(30)31)24(23)20-14-18(27)10-11-21(20)28/h5-11,14-15,24H,12-13H2,1-4H3,(H,30,31). The molecule has 6 nitrogen and oxygen atoms in total. The maximum Gasteiger partial charge on any atom is 0.337 e. The number of hydrogen-bond donors (Lipinski definition) is 1. The van der Waals surface area contributed by atoms with E-state index in [0.29, 0.717) is 17.1 Å². The van der Waals surface area contributed by atoms with E-state index in [1.54, 1.807) is 44.7 Å². The molecule has 1 N–H and O–H groups in total. The maximum atomic E-state index is 14.8. The second kappa shape index (κ2) is 10.5. The summed E-state index contributed by atoms with van der Waals surface area (Å²) in [4.78, 5) is 27.2. The number of halogens is 2. The predicted molar refractivity (Wildman–Crippen MR) is 122 cm³/mol. The molecule has 1 aliphatic rings. The van der Waals surface area contributed by atoms with Crippen molar-refractivity contribution >= 4 is 11.9 Å². The molecule has 0 saturated carbocycles. The van der Waals surface area contributed by atoms with Crippen LogP contribution in [0.4, 0.5) is 8.78 Å². The number of ether oxygens (including phenoxy) is 2. The molecule has 0 fully saturated rings. The van der Waals surface area contributed by atoms with E-state index in [1.807, 2.05) is 18.2 Å². The SMILES string of the molecule is CC1=C(C(=O)O)C(c2cc(F)ccc2F)C(C(=O)OC(C)C)=C(C)N1CCOc1ccccc1. The number of rotatable bonds is 8. The van der Waals surface area contributed by atoms with Gasteiger partial charge in [0.25, 0.3) is 0 Å².